The van der Waals surface area contributed by atoms with Crippen LogP contribution in [0.25, 0.3) is 10.9 Å². The second-order valence-corrected chi connectivity index (χ2v) is 7.27. The van der Waals surface area contributed by atoms with Crippen molar-refractivity contribution in [1.82, 2.24) is 9.88 Å². The molecule has 126 valence electrons. The number of aromatic nitrogens is 1. The van der Waals surface area contributed by atoms with E-state index in [1.54, 1.807) is 0 Å². The van der Waals surface area contributed by atoms with Gasteiger partial charge in [-0.3, -0.25) is 0 Å². The largest absolute Gasteiger partial charge is 0.390 e. The minimum Gasteiger partial charge on any atom is -0.390 e. The number of fused-ring (bicyclic) bond motifs is 1. The lowest BCUT2D eigenvalue weighted by Crippen LogP contribution is -2.42. The van der Waals surface area contributed by atoms with Gasteiger partial charge in [0, 0.05) is 29.2 Å². The van der Waals surface area contributed by atoms with Gasteiger partial charge in [-0.15, -0.1) is 0 Å². The van der Waals surface area contributed by atoms with Crippen LogP contribution >= 0.6 is 0 Å². The van der Waals surface area contributed by atoms with E-state index in [0.29, 0.717) is 19.1 Å². The number of hydrogen-bond acceptors (Lipinski definition) is 2. The Morgan fingerprint density at radius 3 is 2.74 bits per heavy atom. The summed E-state index contributed by atoms with van der Waals surface area (Å²) in [5.41, 5.74) is 3.81. The number of rotatable bonds is 5. The van der Waals surface area contributed by atoms with Crippen molar-refractivity contribution >= 4 is 10.9 Å². The van der Waals surface area contributed by atoms with E-state index in [9.17, 15) is 5.11 Å². The van der Waals surface area contributed by atoms with Gasteiger partial charge in [0.15, 0.2) is 0 Å². The van der Waals surface area contributed by atoms with Crippen molar-refractivity contribution in [2.24, 2.45) is 5.92 Å². The van der Waals surface area contributed by atoms with Crippen molar-refractivity contribution in [3.05, 3.63) is 35.5 Å². The van der Waals surface area contributed by atoms with Crippen LogP contribution in [0.2, 0.25) is 0 Å². The molecule has 3 atom stereocenters. The van der Waals surface area contributed by atoms with Crippen molar-refractivity contribution in [2.45, 2.75) is 65.1 Å². The molecular weight excluding hydrogens is 284 g/mol. The Hall–Kier alpha value is -1.32. The van der Waals surface area contributed by atoms with Crippen LogP contribution in [-0.4, -0.2) is 28.4 Å². The first-order valence-corrected chi connectivity index (χ1v) is 9.03. The molecule has 3 heteroatoms. The monoisotopic (exact) mass is 314 g/mol. The summed E-state index contributed by atoms with van der Waals surface area (Å²) in [5.74, 6) is 0.729. The molecule has 3 nitrogen and oxygen atoms in total. The number of nitrogens with zero attached hydrogens (tertiary/aromatic N) is 1. The van der Waals surface area contributed by atoms with Gasteiger partial charge in [0.25, 0.3) is 0 Å². The number of aliphatic hydroxyl groups excluding tert-OH is 1. The van der Waals surface area contributed by atoms with E-state index >= 15 is 0 Å². The van der Waals surface area contributed by atoms with Crippen LogP contribution in [0.1, 0.15) is 43.9 Å². The van der Waals surface area contributed by atoms with Crippen molar-refractivity contribution < 1.29 is 5.11 Å². The number of hydrogen-bond donors (Lipinski definition) is 2. The van der Waals surface area contributed by atoms with Gasteiger partial charge in [-0.05, 0) is 44.2 Å². The summed E-state index contributed by atoms with van der Waals surface area (Å²) >= 11 is 0. The molecule has 1 aromatic heterocycles. The average molecular weight is 314 g/mol. The van der Waals surface area contributed by atoms with Crippen LogP contribution in [0.3, 0.4) is 0 Å². The van der Waals surface area contributed by atoms with E-state index in [2.05, 4.69) is 54.9 Å². The van der Waals surface area contributed by atoms with Gasteiger partial charge < -0.3 is 15.0 Å². The topological polar surface area (TPSA) is 37.2 Å². The Kier molecular flexibility index (Phi) is 5.08. The molecule has 2 aromatic rings. The zero-order valence-electron chi connectivity index (χ0n) is 14.7. The lowest BCUT2D eigenvalue weighted by atomic mass is 9.86. The van der Waals surface area contributed by atoms with Crippen LogP contribution < -0.4 is 5.32 Å². The van der Waals surface area contributed by atoms with Crippen molar-refractivity contribution in [1.29, 1.82) is 0 Å². The van der Waals surface area contributed by atoms with Gasteiger partial charge >= 0.3 is 0 Å². The van der Waals surface area contributed by atoms with Crippen LogP contribution in [0, 0.1) is 19.8 Å². The Balaban J connectivity index is 1.66. The molecule has 1 aromatic carbocycles. The predicted octanol–water partition coefficient (Wildman–Crippen LogP) is 3.79. The maximum absolute atomic E-state index is 10.5. The number of aliphatic hydroxyl groups is 1. The van der Waals surface area contributed by atoms with Gasteiger partial charge in [-0.25, -0.2) is 0 Å². The Bertz CT molecular complexity index is 661. The summed E-state index contributed by atoms with van der Waals surface area (Å²) in [4.78, 5) is 0. The smallest absolute Gasteiger partial charge is 0.0843 e. The first-order chi connectivity index (χ1) is 11.1. The van der Waals surface area contributed by atoms with E-state index in [-0.39, 0.29) is 6.10 Å². The molecule has 1 aliphatic rings. The Morgan fingerprint density at radius 2 is 1.96 bits per heavy atom. The molecule has 0 bridgehead atoms. The van der Waals surface area contributed by atoms with Crippen LogP contribution in [0.4, 0.5) is 0 Å². The predicted molar refractivity (Wildman–Crippen MR) is 96.8 cm³/mol. The number of benzene rings is 1. The average Bonchev–Trinajstić information content (AvgIpc) is 2.80. The van der Waals surface area contributed by atoms with E-state index in [1.165, 1.54) is 47.8 Å². The minimum absolute atomic E-state index is 0.349. The second kappa shape index (κ2) is 7.06. The molecule has 0 amide bonds. The lowest BCUT2D eigenvalue weighted by molar-refractivity contribution is 0.139. The van der Waals surface area contributed by atoms with Gasteiger partial charge in [-0.1, -0.05) is 38.0 Å². The zero-order chi connectivity index (χ0) is 16.4. The first kappa shape index (κ1) is 16.5. The summed E-state index contributed by atoms with van der Waals surface area (Å²) in [6.07, 6.45) is 4.89. The Morgan fingerprint density at radius 1 is 1.22 bits per heavy atom. The van der Waals surface area contributed by atoms with Crippen molar-refractivity contribution in [3.8, 4) is 0 Å². The quantitative estimate of drug-likeness (QED) is 0.881. The molecule has 3 rings (SSSR count). The number of aryl methyl sites for hydroxylation is 1. The molecule has 23 heavy (non-hydrogen) atoms. The van der Waals surface area contributed by atoms with E-state index in [4.69, 9.17) is 0 Å². The molecule has 0 radical (unpaired) electrons. The molecule has 1 aliphatic carbocycles. The van der Waals surface area contributed by atoms with Crippen LogP contribution in [-0.2, 0) is 6.54 Å². The standard InChI is InChI=1S/C20H30N2O/c1-14-8-4-6-10-19(14)21-12-17(23)13-22-16(3)15(2)18-9-5-7-11-20(18)22/h5,7,9,11,14,17,19,21,23H,4,6,8,10,12-13H2,1-3H3/t14-,17-,19-/m0/s1. The molecule has 1 fully saturated rings. The van der Waals surface area contributed by atoms with Crippen LogP contribution in [0.5, 0.6) is 0 Å². The highest BCUT2D eigenvalue weighted by atomic mass is 16.3. The fraction of sp³-hybridized carbons (Fsp3) is 0.600. The van der Waals surface area contributed by atoms with Crippen LogP contribution in [0.15, 0.2) is 24.3 Å². The first-order valence-electron chi connectivity index (χ1n) is 9.03. The SMILES string of the molecule is Cc1c(C)n(C[C@@H](O)CN[C@H]2CCCC[C@@H]2C)c2ccccc12. The van der Waals surface area contributed by atoms with E-state index in [1.807, 2.05) is 0 Å². The number of nitrogens with one attached hydrogen (secondary N) is 1. The molecule has 1 heterocycles. The maximum Gasteiger partial charge on any atom is 0.0843 e. The summed E-state index contributed by atoms with van der Waals surface area (Å²) in [5, 5.41) is 15.4. The summed E-state index contributed by atoms with van der Waals surface area (Å²) in [6.45, 7) is 7.99. The molecule has 0 saturated heterocycles. The highest BCUT2D eigenvalue weighted by Gasteiger charge is 2.22. The van der Waals surface area contributed by atoms with Crippen molar-refractivity contribution in [2.75, 3.05) is 6.54 Å². The number of para-hydroxylation sites is 1. The van der Waals surface area contributed by atoms with Gasteiger partial charge in [-0.2, -0.15) is 0 Å². The highest BCUT2D eigenvalue weighted by molar-refractivity contribution is 5.85. The molecule has 0 aliphatic heterocycles. The molecule has 0 unspecified atom stereocenters. The molecule has 1 saturated carbocycles. The van der Waals surface area contributed by atoms with Crippen molar-refractivity contribution in [3.63, 3.8) is 0 Å². The van der Waals surface area contributed by atoms with Gasteiger partial charge in [0.05, 0.1) is 12.6 Å². The highest BCUT2D eigenvalue weighted by Crippen LogP contribution is 2.26. The molecular formula is C20H30N2O. The minimum atomic E-state index is -0.349. The Labute approximate surface area is 139 Å². The van der Waals surface area contributed by atoms with Gasteiger partial charge in [0.1, 0.15) is 0 Å². The van der Waals surface area contributed by atoms with E-state index < -0.39 is 0 Å². The van der Waals surface area contributed by atoms with E-state index in [0.717, 1.165) is 5.92 Å². The zero-order valence-corrected chi connectivity index (χ0v) is 14.7. The third kappa shape index (κ3) is 3.46. The normalized spacial score (nSPS) is 23.3. The fourth-order valence-electron chi connectivity index (χ4n) is 4.02. The third-order valence-corrected chi connectivity index (χ3v) is 5.67. The summed E-state index contributed by atoms with van der Waals surface area (Å²) in [6, 6.07) is 9.05. The summed E-state index contributed by atoms with van der Waals surface area (Å²) in [7, 11) is 0. The van der Waals surface area contributed by atoms with Gasteiger partial charge in [0.2, 0.25) is 0 Å². The third-order valence-electron chi connectivity index (χ3n) is 5.67. The summed E-state index contributed by atoms with van der Waals surface area (Å²) < 4.78 is 2.27. The lowest BCUT2D eigenvalue weighted by Gasteiger charge is -2.30. The molecule has 2 N–H and O–H groups in total. The molecule has 0 spiro atoms. The second-order valence-electron chi connectivity index (χ2n) is 7.27. The maximum atomic E-state index is 10.5. The fourth-order valence-corrected chi connectivity index (χ4v) is 4.02.